The van der Waals surface area contributed by atoms with Crippen LogP contribution in [0.3, 0.4) is 0 Å². The first-order valence-corrected chi connectivity index (χ1v) is 9.27. The van der Waals surface area contributed by atoms with Gasteiger partial charge in [0.2, 0.25) is 11.8 Å². The van der Waals surface area contributed by atoms with Crippen molar-refractivity contribution in [2.24, 2.45) is 0 Å². The molecule has 0 radical (unpaired) electrons. The first-order chi connectivity index (χ1) is 12.0. The molecule has 2 aliphatic rings. The van der Waals surface area contributed by atoms with E-state index in [1.807, 2.05) is 11.9 Å². The lowest BCUT2D eigenvalue weighted by Gasteiger charge is -2.35. The zero-order chi connectivity index (χ0) is 18.0. The number of rotatable bonds is 4. The normalized spacial score (nSPS) is 23.2. The molecule has 0 spiro atoms. The van der Waals surface area contributed by atoms with E-state index in [1.165, 1.54) is 11.1 Å². The van der Waals surface area contributed by atoms with Crippen LogP contribution in [-0.4, -0.2) is 66.8 Å². The molecule has 1 aliphatic heterocycles. The molecule has 2 atom stereocenters. The predicted molar refractivity (Wildman–Crippen MR) is 98.2 cm³/mol. The summed E-state index contributed by atoms with van der Waals surface area (Å²) in [5.41, 5.74) is 2.65. The Hall–Kier alpha value is -1.88. The highest BCUT2D eigenvalue weighted by atomic mass is 16.2. The summed E-state index contributed by atoms with van der Waals surface area (Å²) in [6, 6.07) is 8.46. The highest BCUT2D eigenvalue weighted by Gasteiger charge is 2.34. The number of likely N-dealkylation sites (N-methyl/N-ethyl adjacent to an activating group) is 2. The van der Waals surface area contributed by atoms with Gasteiger partial charge in [-0.3, -0.25) is 14.5 Å². The van der Waals surface area contributed by atoms with Crippen molar-refractivity contribution in [1.29, 1.82) is 0 Å². The van der Waals surface area contributed by atoms with Crippen LogP contribution in [0.2, 0.25) is 0 Å². The molecular weight excluding hydrogens is 314 g/mol. The Morgan fingerprint density at radius 1 is 1.12 bits per heavy atom. The highest BCUT2D eigenvalue weighted by Crippen LogP contribution is 2.33. The summed E-state index contributed by atoms with van der Waals surface area (Å²) < 4.78 is 0. The van der Waals surface area contributed by atoms with E-state index in [2.05, 4.69) is 29.2 Å². The van der Waals surface area contributed by atoms with E-state index in [-0.39, 0.29) is 23.9 Å². The maximum atomic E-state index is 12.9. The predicted octanol–water partition coefficient (Wildman–Crippen LogP) is 2.07. The van der Waals surface area contributed by atoms with Crippen molar-refractivity contribution in [3.63, 3.8) is 0 Å². The van der Waals surface area contributed by atoms with E-state index in [0.29, 0.717) is 6.54 Å². The van der Waals surface area contributed by atoms with Gasteiger partial charge in [0.15, 0.2) is 0 Å². The summed E-state index contributed by atoms with van der Waals surface area (Å²) in [6.07, 6.45) is 5.05. The standard InChI is InChI=1S/C20H29N3O2/c1-21(2)20(25)18-12-7-13-23(18)14-19(24)22(3)17-11-6-9-15-8-4-5-10-16(15)17/h4-5,8,10,17-18H,6-7,9,11-14H2,1-3H3. The fourth-order valence-corrected chi connectivity index (χ4v) is 4.18. The van der Waals surface area contributed by atoms with E-state index in [9.17, 15) is 9.59 Å². The number of hydrogen-bond donors (Lipinski definition) is 0. The molecule has 2 amide bonds. The average molecular weight is 343 g/mol. The van der Waals surface area contributed by atoms with E-state index in [0.717, 1.165) is 38.6 Å². The monoisotopic (exact) mass is 343 g/mol. The number of benzene rings is 1. The molecule has 0 aromatic heterocycles. The molecule has 0 N–H and O–H groups in total. The zero-order valence-corrected chi connectivity index (χ0v) is 15.6. The van der Waals surface area contributed by atoms with Gasteiger partial charge in [0.05, 0.1) is 18.6 Å². The molecule has 1 aromatic carbocycles. The maximum Gasteiger partial charge on any atom is 0.239 e. The van der Waals surface area contributed by atoms with Crippen molar-refractivity contribution >= 4 is 11.8 Å². The van der Waals surface area contributed by atoms with Gasteiger partial charge in [-0.25, -0.2) is 0 Å². The molecule has 3 rings (SSSR count). The third-order valence-corrected chi connectivity index (χ3v) is 5.63. The molecule has 5 heteroatoms. The summed E-state index contributed by atoms with van der Waals surface area (Å²) >= 11 is 0. The Bertz CT molecular complexity index is 644. The second-order valence-electron chi connectivity index (χ2n) is 7.47. The van der Waals surface area contributed by atoms with Crippen LogP contribution < -0.4 is 0 Å². The number of fused-ring (bicyclic) bond motifs is 1. The van der Waals surface area contributed by atoms with Crippen LogP contribution in [0.25, 0.3) is 0 Å². The molecular formula is C20H29N3O2. The van der Waals surface area contributed by atoms with Crippen molar-refractivity contribution in [2.45, 2.75) is 44.2 Å². The van der Waals surface area contributed by atoms with Crippen LogP contribution in [0, 0.1) is 0 Å². The topological polar surface area (TPSA) is 43.9 Å². The Balaban J connectivity index is 1.68. The zero-order valence-electron chi connectivity index (χ0n) is 15.6. The van der Waals surface area contributed by atoms with E-state index < -0.39 is 0 Å². The fourth-order valence-electron chi connectivity index (χ4n) is 4.18. The molecule has 1 saturated heterocycles. The van der Waals surface area contributed by atoms with Crippen molar-refractivity contribution in [1.82, 2.24) is 14.7 Å². The van der Waals surface area contributed by atoms with Gasteiger partial charge in [-0.2, -0.15) is 0 Å². The number of aryl methyl sites for hydroxylation is 1. The third kappa shape index (κ3) is 3.71. The second-order valence-corrected chi connectivity index (χ2v) is 7.47. The smallest absolute Gasteiger partial charge is 0.239 e. The van der Waals surface area contributed by atoms with Crippen molar-refractivity contribution in [3.05, 3.63) is 35.4 Å². The SMILES string of the molecule is CN(C)C(=O)C1CCCN1CC(=O)N(C)C1CCCc2ccccc21. The minimum Gasteiger partial charge on any atom is -0.347 e. The number of nitrogens with zero attached hydrogens (tertiary/aromatic N) is 3. The number of hydrogen-bond acceptors (Lipinski definition) is 3. The van der Waals surface area contributed by atoms with Gasteiger partial charge < -0.3 is 9.80 Å². The fraction of sp³-hybridized carbons (Fsp3) is 0.600. The van der Waals surface area contributed by atoms with Gasteiger partial charge in [0.25, 0.3) is 0 Å². The van der Waals surface area contributed by atoms with Gasteiger partial charge in [-0.05, 0) is 49.8 Å². The van der Waals surface area contributed by atoms with Crippen LogP contribution in [0.4, 0.5) is 0 Å². The molecule has 1 heterocycles. The quantitative estimate of drug-likeness (QED) is 0.841. The number of amides is 2. The summed E-state index contributed by atoms with van der Waals surface area (Å²) in [7, 11) is 5.48. The number of carbonyl (C=O) groups excluding carboxylic acids is 2. The lowest BCUT2D eigenvalue weighted by molar-refractivity contribution is -0.137. The van der Waals surface area contributed by atoms with E-state index in [1.54, 1.807) is 19.0 Å². The summed E-state index contributed by atoms with van der Waals surface area (Å²) in [5.74, 6) is 0.219. The molecule has 2 unspecified atom stereocenters. The Morgan fingerprint density at radius 2 is 1.88 bits per heavy atom. The largest absolute Gasteiger partial charge is 0.347 e. The van der Waals surface area contributed by atoms with Crippen LogP contribution in [0.15, 0.2) is 24.3 Å². The summed E-state index contributed by atoms with van der Waals surface area (Å²) in [5, 5.41) is 0. The van der Waals surface area contributed by atoms with Gasteiger partial charge in [0.1, 0.15) is 0 Å². The lowest BCUT2D eigenvalue weighted by atomic mass is 9.87. The van der Waals surface area contributed by atoms with Crippen molar-refractivity contribution in [3.8, 4) is 0 Å². The Morgan fingerprint density at radius 3 is 2.64 bits per heavy atom. The second kappa shape index (κ2) is 7.56. The third-order valence-electron chi connectivity index (χ3n) is 5.63. The van der Waals surface area contributed by atoms with Crippen LogP contribution >= 0.6 is 0 Å². The van der Waals surface area contributed by atoms with E-state index in [4.69, 9.17) is 0 Å². The first-order valence-electron chi connectivity index (χ1n) is 9.27. The first kappa shape index (κ1) is 17.9. The Labute approximate surface area is 150 Å². The lowest BCUT2D eigenvalue weighted by Crippen LogP contribution is -2.47. The van der Waals surface area contributed by atoms with Gasteiger partial charge in [-0.15, -0.1) is 0 Å². The van der Waals surface area contributed by atoms with Crippen LogP contribution in [0.5, 0.6) is 0 Å². The highest BCUT2D eigenvalue weighted by molar-refractivity contribution is 5.84. The number of likely N-dealkylation sites (tertiary alicyclic amines) is 1. The average Bonchev–Trinajstić information content (AvgIpc) is 3.07. The molecule has 25 heavy (non-hydrogen) atoms. The summed E-state index contributed by atoms with van der Waals surface area (Å²) in [6.45, 7) is 1.16. The number of carbonyl (C=O) groups is 2. The van der Waals surface area contributed by atoms with Crippen molar-refractivity contribution < 1.29 is 9.59 Å². The molecule has 0 saturated carbocycles. The van der Waals surface area contributed by atoms with Gasteiger partial charge in [-0.1, -0.05) is 24.3 Å². The van der Waals surface area contributed by atoms with Crippen LogP contribution in [0.1, 0.15) is 42.9 Å². The molecule has 136 valence electrons. The van der Waals surface area contributed by atoms with Crippen LogP contribution in [-0.2, 0) is 16.0 Å². The van der Waals surface area contributed by atoms with Gasteiger partial charge in [0, 0.05) is 21.1 Å². The molecule has 1 fully saturated rings. The molecule has 1 aliphatic carbocycles. The minimum absolute atomic E-state index is 0.107. The maximum absolute atomic E-state index is 12.9. The molecule has 1 aromatic rings. The van der Waals surface area contributed by atoms with E-state index >= 15 is 0 Å². The van der Waals surface area contributed by atoms with Gasteiger partial charge >= 0.3 is 0 Å². The Kier molecular flexibility index (Phi) is 5.42. The molecule has 5 nitrogen and oxygen atoms in total. The molecule has 0 bridgehead atoms. The summed E-state index contributed by atoms with van der Waals surface area (Å²) in [4.78, 5) is 30.8. The minimum atomic E-state index is -0.147. The van der Waals surface area contributed by atoms with Crippen molar-refractivity contribution in [2.75, 3.05) is 34.2 Å².